The summed E-state index contributed by atoms with van der Waals surface area (Å²) in [5, 5.41) is 2.46. The predicted molar refractivity (Wildman–Crippen MR) is 78.2 cm³/mol. The van der Waals surface area contributed by atoms with Gasteiger partial charge in [0.2, 0.25) is 0 Å². The monoisotopic (exact) mass is 278 g/mol. The molecule has 1 saturated heterocycles. The number of hydrogen-bond acceptors (Lipinski definition) is 1. The maximum atomic E-state index is 5.64. The molecule has 0 aliphatic carbocycles. The molecule has 0 amide bonds. The Morgan fingerprint density at radius 3 is 2.80 bits per heavy atom. The number of hydrogen-bond donors (Lipinski definition) is 3. The second-order valence-corrected chi connectivity index (χ2v) is 6.19. The highest BCUT2D eigenvalue weighted by Gasteiger charge is 2.34. The minimum Gasteiger partial charge on any atom is -0.494 e. The van der Waals surface area contributed by atoms with Crippen LogP contribution in [-0.2, 0) is 6.54 Å². The van der Waals surface area contributed by atoms with Gasteiger partial charge in [0.25, 0.3) is 0 Å². The van der Waals surface area contributed by atoms with Crippen LogP contribution in [0.4, 0.5) is 0 Å². The van der Waals surface area contributed by atoms with Crippen molar-refractivity contribution in [2.75, 3.05) is 46.4 Å². The molecule has 4 nitrogen and oxygen atoms in total. The van der Waals surface area contributed by atoms with Crippen molar-refractivity contribution in [1.82, 2.24) is 0 Å². The third-order valence-electron chi connectivity index (χ3n) is 4.81. The van der Waals surface area contributed by atoms with Crippen molar-refractivity contribution < 1.29 is 19.9 Å². The predicted octanol–water partition coefficient (Wildman–Crippen LogP) is -2.38. The van der Waals surface area contributed by atoms with E-state index in [4.69, 9.17) is 4.74 Å². The van der Waals surface area contributed by atoms with Gasteiger partial charge < -0.3 is 19.9 Å². The average Bonchev–Trinajstić information content (AvgIpc) is 2.48. The quantitative estimate of drug-likeness (QED) is 0.567. The zero-order valence-electron chi connectivity index (χ0n) is 12.7. The van der Waals surface area contributed by atoms with Crippen LogP contribution in [-0.4, -0.2) is 46.4 Å². The van der Waals surface area contributed by atoms with Gasteiger partial charge in [-0.15, -0.1) is 0 Å². The first-order chi connectivity index (χ1) is 9.78. The van der Waals surface area contributed by atoms with E-state index >= 15 is 0 Å². The van der Waals surface area contributed by atoms with Crippen LogP contribution in [0.5, 0.6) is 5.75 Å². The highest BCUT2D eigenvalue weighted by atomic mass is 16.5. The van der Waals surface area contributed by atoms with Crippen LogP contribution in [0.15, 0.2) is 18.2 Å². The van der Waals surface area contributed by atoms with E-state index in [-0.39, 0.29) is 0 Å². The van der Waals surface area contributed by atoms with Gasteiger partial charge in [0.1, 0.15) is 45.0 Å². The normalized spacial score (nSPS) is 29.8. The number of benzene rings is 1. The summed E-state index contributed by atoms with van der Waals surface area (Å²) in [6.45, 7) is 10.3. The van der Waals surface area contributed by atoms with Gasteiger partial charge in [0, 0.05) is 11.1 Å². The largest absolute Gasteiger partial charge is 0.494 e. The average molecular weight is 278 g/mol. The highest BCUT2D eigenvalue weighted by molar-refractivity contribution is 5.37. The fraction of sp³-hybridized carbons (Fsp3) is 0.625. The molecule has 0 radical (unpaired) electrons. The van der Waals surface area contributed by atoms with Gasteiger partial charge >= 0.3 is 0 Å². The Bertz CT molecular complexity index is 455. The van der Waals surface area contributed by atoms with Gasteiger partial charge in [-0.3, -0.25) is 0 Å². The van der Waals surface area contributed by atoms with Crippen LogP contribution < -0.4 is 19.9 Å². The van der Waals surface area contributed by atoms with E-state index in [9.17, 15) is 0 Å². The molecule has 0 bridgehead atoms. The Labute approximate surface area is 121 Å². The van der Waals surface area contributed by atoms with Gasteiger partial charge in [-0.25, -0.2) is 0 Å². The summed E-state index contributed by atoms with van der Waals surface area (Å²) in [5.74, 6) is 1.03. The van der Waals surface area contributed by atoms with E-state index in [0.717, 1.165) is 18.9 Å². The lowest BCUT2D eigenvalue weighted by atomic mass is 9.94. The van der Waals surface area contributed by atoms with Crippen LogP contribution in [0.3, 0.4) is 0 Å². The Hall–Kier alpha value is -1.10. The minimum atomic E-state index is 0.669. The number of nitrogens with one attached hydrogen (secondary N) is 2. The van der Waals surface area contributed by atoms with Gasteiger partial charge in [-0.2, -0.15) is 0 Å². The van der Waals surface area contributed by atoms with Crippen LogP contribution in [0, 0.1) is 0 Å². The number of quaternary nitrogens is 3. The van der Waals surface area contributed by atoms with Crippen molar-refractivity contribution in [2.24, 2.45) is 0 Å². The molecule has 0 spiro atoms. The van der Waals surface area contributed by atoms with Crippen molar-refractivity contribution >= 4 is 0 Å². The third kappa shape index (κ3) is 2.82. The Morgan fingerprint density at radius 2 is 2.05 bits per heavy atom. The van der Waals surface area contributed by atoms with E-state index < -0.39 is 0 Å². The third-order valence-corrected chi connectivity index (χ3v) is 4.81. The molecule has 110 valence electrons. The Kier molecular flexibility index (Phi) is 4.24. The molecule has 0 aromatic heterocycles. The summed E-state index contributed by atoms with van der Waals surface area (Å²) in [6, 6.07) is 7.39. The van der Waals surface area contributed by atoms with E-state index in [2.05, 4.69) is 30.6 Å². The molecule has 0 saturated carbocycles. The standard InChI is InChI=1S/C16H25N3O/c1-3-20-14-4-5-15-13(10-14)11-17-12-16(15)19-8-6-18(2)7-9-19/h4-5,10,16-17H,3,6-9,11-12H2,1-2H3/p+3/t16-/m1/s1. The maximum Gasteiger partial charge on any atom is 0.163 e. The van der Waals surface area contributed by atoms with E-state index in [0.29, 0.717) is 6.04 Å². The summed E-state index contributed by atoms with van der Waals surface area (Å²) in [7, 11) is 2.31. The van der Waals surface area contributed by atoms with E-state index in [1.54, 1.807) is 15.4 Å². The second-order valence-electron chi connectivity index (χ2n) is 6.19. The lowest BCUT2D eigenvalue weighted by Crippen LogP contribution is -3.28. The first-order valence-corrected chi connectivity index (χ1v) is 8.01. The zero-order valence-corrected chi connectivity index (χ0v) is 12.7. The van der Waals surface area contributed by atoms with Crippen molar-refractivity contribution in [3.8, 4) is 5.75 Å². The SMILES string of the molecule is CCOc1ccc2c(c1)C[NH2+]C[C@H]2[NH+]1CC[NH+](C)CC1. The number of fused-ring (bicyclic) bond motifs is 1. The molecule has 4 N–H and O–H groups in total. The summed E-state index contributed by atoms with van der Waals surface area (Å²) >= 11 is 0. The number of rotatable bonds is 3. The lowest BCUT2D eigenvalue weighted by molar-refractivity contribution is -1.03. The maximum absolute atomic E-state index is 5.64. The molecule has 0 unspecified atom stereocenters. The number of nitrogens with two attached hydrogens (primary N) is 1. The first kappa shape index (κ1) is 13.9. The zero-order chi connectivity index (χ0) is 13.9. The Balaban J connectivity index is 1.79. The van der Waals surface area contributed by atoms with E-state index in [1.807, 2.05) is 6.92 Å². The molecule has 2 aliphatic heterocycles. The molecule has 1 atom stereocenters. The molecular weight excluding hydrogens is 250 g/mol. The van der Waals surface area contributed by atoms with Crippen molar-refractivity contribution in [1.29, 1.82) is 0 Å². The number of piperazine rings is 1. The molecule has 2 heterocycles. The molecule has 1 aromatic rings. The van der Waals surface area contributed by atoms with Gasteiger partial charge in [0.05, 0.1) is 13.7 Å². The van der Waals surface area contributed by atoms with Crippen molar-refractivity contribution in [3.05, 3.63) is 29.3 Å². The molecule has 1 aromatic carbocycles. The van der Waals surface area contributed by atoms with Gasteiger partial charge in [0.15, 0.2) is 6.04 Å². The summed E-state index contributed by atoms with van der Waals surface area (Å²) in [6.07, 6.45) is 0. The highest BCUT2D eigenvalue weighted by Crippen LogP contribution is 2.22. The lowest BCUT2D eigenvalue weighted by Gasteiger charge is -2.35. The van der Waals surface area contributed by atoms with Crippen LogP contribution >= 0.6 is 0 Å². The molecule has 1 fully saturated rings. The van der Waals surface area contributed by atoms with Crippen LogP contribution in [0.1, 0.15) is 24.1 Å². The summed E-state index contributed by atoms with van der Waals surface area (Å²) in [4.78, 5) is 3.46. The topological polar surface area (TPSA) is 34.7 Å². The van der Waals surface area contributed by atoms with Gasteiger partial charge in [-0.05, 0) is 25.1 Å². The van der Waals surface area contributed by atoms with Gasteiger partial charge in [-0.1, -0.05) is 0 Å². The minimum absolute atomic E-state index is 0.669. The molecule has 20 heavy (non-hydrogen) atoms. The summed E-state index contributed by atoms with van der Waals surface area (Å²) in [5.41, 5.74) is 3.04. The van der Waals surface area contributed by atoms with Crippen molar-refractivity contribution in [2.45, 2.75) is 19.5 Å². The first-order valence-electron chi connectivity index (χ1n) is 8.01. The number of ether oxygens (including phenoxy) is 1. The smallest absolute Gasteiger partial charge is 0.163 e. The van der Waals surface area contributed by atoms with Crippen LogP contribution in [0.25, 0.3) is 0 Å². The molecule has 3 rings (SSSR count). The molecular formula is C16H28N3O+3. The number of likely N-dealkylation sites (N-methyl/N-ethyl adjacent to an activating group) is 1. The molecule has 2 aliphatic rings. The van der Waals surface area contributed by atoms with Crippen molar-refractivity contribution in [3.63, 3.8) is 0 Å². The summed E-state index contributed by atoms with van der Waals surface area (Å²) < 4.78 is 5.64. The second kappa shape index (κ2) is 6.12. The van der Waals surface area contributed by atoms with Crippen LogP contribution in [0.2, 0.25) is 0 Å². The fourth-order valence-electron chi connectivity index (χ4n) is 3.62. The molecule has 4 heteroatoms. The fourth-order valence-corrected chi connectivity index (χ4v) is 3.62. The Morgan fingerprint density at radius 1 is 1.25 bits per heavy atom. The van der Waals surface area contributed by atoms with E-state index in [1.165, 1.54) is 38.3 Å².